The molecule has 1 N–H and O–H groups in total. The van der Waals surface area contributed by atoms with Crippen molar-refractivity contribution in [2.24, 2.45) is 0 Å². The Morgan fingerprint density at radius 2 is 1.32 bits per heavy atom. The van der Waals surface area contributed by atoms with Crippen LogP contribution in [0.15, 0.2) is 73.3 Å². The van der Waals surface area contributed by atoms with Gasteiger partial charge in [0.1, 0.15) is 24.4 Å². The molecule has 0 saturated carbocycles. The minimum atomic E-state index is -2.18. The van der Waals surface area contributed by atoms with Gasteiger partial charge in [0.05, 0.1) is 26.4 Å². The lowest BCUT2D eigenvalue weighted by Gasteiger charge is -2.47. The first kappa shape index (κ1) is 33.7. The van der Waals surface area contributed by atoms with Gasteiger partial charge in [0, 0.05) is 0 Å². The highest BCUT2D eigenvalue weighted by molar-refractivity contribution is 6.77. The number of unbranched alkanes of at least 4 members (excludes halogenated alkanes) is 1. The molecule has 6 nitrogen and oxygen atoms in total. The summed E-state index contributed by atoms with van der Waals surface area (Å²) in [5, 5.41) is 11.8. The summed E-state index contributed by atoms with van der Waals surface area (Å²) in [5.41, 5.74) is 3.31. The van der Waals surface area contributed by atoms with E-state index in [2.05, 4.69) is 48.1 Å². The van der Waals surface area contributed by atoms with E-state index in [4.69, 9.17) is 23.4 Å². The van der Waals surface area contributed by atoms with Gasteiger partial charge in [0.15, 0.2) is 14.6 Å². The number of rotatable bonds is 17. The van der Waals surface area contributed by atoms with Gasteiger partial charge in [-0.2, -0.15) is 0 Å². The van der Waals surface area contributed by atoms with Gasteiger partial charge in [-0.25, -0.2) is 0 Å². The lowest BCUT2D eigenvalue weighted by atomic mass is 9.98. The van der Waals surface area contributed by atoms with Crippen molar-refractivity contribution < 1.29 is 28.5 Å². The summed E-state index contributed by atoms with van der Waals surface area (Å²) in [6.07, 6.45) is -0.0887. The van der Waals surface area contributed by atoms with Crippen LogP contribution in [0.4, 0.5) is 0 Å². The van der Waals surface area contributed by atoms with E-state index in [1.807, 2.05) is 66.7 Å². The molecule has 0 aromatic heterocycles. The summed E-state index contributed by atoms with van der Waals surface area (Å²) >= 11 is 0. The third-order valence-electron chi connectivity index (χ3n) is 8.23. The van der Waals surface area contributed by atoms with E-state index in [9.17, 15) is 5.11 Å². The predicted octanol–water partition coefficient (Wildman–Crippen LogP) is 7.42. The highest BCUT2D eigenvalue weighted by Gasteiger charge is 2.50. The normalized spacial score (nSPS) is 23.4. The molecular weight excluding hydrogens is 532 g/mol. The van der Waals surface area contributed by atoms with E-state index < -0.39 is 39.0 Å². The second kappa shape index (κ2) is 16.7. The lowest BCUT2D eigenvalue weighted by molar-refractivity contribution is -0.318. The molecule has 41 heavy (non-hydrogen) atoms. The highest BCUT2D eigenvalue weighted by Crippen LogP contribution is 2.43. The molecule has 2 aromatic carbocycles. The van der Waals surface area contributed by atoms with Crippen molar-refractivity contribution in [2.45, 2.75) is 115 Å². The smallest absolute Gasteiger partial charge is 0.200 e. The molecule has 7 heteroatoms. The average molecular weight is 585 g/mol. The molecule has 1 aliphatic rings. The maximum atomic E-state index is 11.8. The standard InChI is InChI=1S/C34H52O6Si/c1-8-9-16-21-36-34-33(38-23-29-19-14-11-15-20-29)31(35)32(37-22-28-17-12-10-13-18-28)30(40-34)24-39-41(25(2)3,26(4)5)27(6)7/h8,10-15,17-20,25-27,30-35H,1,9,16,21-24H2,2-7H3/t30-,31+,32-,33+,34-/m1/s1. The Morgan fingerprint density at radius 3 is 1.80 bits per heavy atom. The summed E-state index contributed by atoms with van der Waals surface area (Å²) in [6, 6.07) is 19.9. The van der Waals surface area contributed by atoms with Crippen LogP contribution in [0.2, 0.25) is 16.6 Å². The van der Waals surface area contributed by atoms with Gasteiger partial charge in [-0.15, -0.1) is 6.58 Å². The van der Waals surface area contributed by atoms with Gasteiger partial charge in [0.2, 0.25) is 0 Å². The van der Waals surface area contributed by atoms with Gasteiger partial charge in [0.25, 0.3) is 0 Å². The van der Waals surface area contributed by atoms with Crippen molar-refractivity contribution in [2.75, 3.05) is 13.2 Å². The zero-order valence-electron chi connectivity index (χ0n) is 25.9. The highest BCUT2D eigenvalue weighted by atomic mass is 28.4. The summed E-state index contributed by atoms with van der Waals surface area (Å²) < 4.78 is 32.5. The molecular formula is C34H52O6Si. The van der Waals surface area contributed by atoms with Crippen LogP contribution in [-0.2, 0) is 36.6 Å². The molecule has 0 unspecified atom stereocenters. The van der Waals surface area contributed by atoms with Gasteiger partial charge >= 0.3 is 0 Å². The van der Waals surface area contributed by atoms with Gasteiger partial charge in [-0.05, 0) is 40.6 Å². The molecule has 0 spiro atoms. The first-order chi connectivity index (χ1) is 19.7. The number of hydrogen-bond donors (Lipinski definition) is 1. The van der Waals surface area contributed by atoms with Crippen molar-refractivity contribution in [1.29, 1.82) is 0 Å². The van der Waals surface area contributed by atoms with Crippen molar-refractivity contribution >= 4 is 8.32 Å². The molecule has 0 radical (unpaired) electrons. The fourth-order valence-corrected chi connectivity index (χ4v) is 11.7. The topological polar surface area (TPSA) is 66.4 Å². The van der Waals surface area contributed by atoms with Crippen LogP contribution in [0.3, 0.4) is 0 Å². The first-order valence-electron chi connectivity index (χ1n) is 15.2. The van der Waals surface area contributed by atoms with Crippen LogP contribution >= 0.6 is 0 Å². The lowest BCUT2D eigenvalue weighted by Crippen LogP contribution is -2.62. The van der Waals surface area contributed by atoms with Crippen LogP contribution in [0.5, 0.6) is 0 Å². The second-order valence-corrected chi connectivity index (χ2v) is 17.4. The minimum Gasteiger partial charge on any atom is -0.413 e. The Hall–Kier alpha value is -1.84. The van der Waals surface area contributed by atoms with E-state index >= 15 is 0 Å². The largest absolute Gasteiger partial charge is 0.413 e. The molecule has 228 valence electrons. The van der Waals surface area contributed by atoms with Crippen molar-refractivity contribution in [1.82, 2.24) is 0 Å². The Bertz CT molecular complexity index is 977. The molecule has 2 aromatic rings. The Labute approximate surface area is 249 Å². The number of aliphatic hydroxyl groups excluding tert-OH is 1. The van der Waals surface area contributed by atoms with E-state index in [0.29, 0.717) is 43.1 Å². The summed E-state index contributed by atoms with van der Waals surface area (Å²) in [5.74, 6) is 0. The number of aliphatic hydroxyl groups is 1. The SMILES string of the molecule is C=CCCCO[C@@H]1O[C@H](CO[Si](C(C)C)(C(C)C)C(C)C)[C@@H](OCc2ccccc2)[C@H](O)[C@@H]1OCc1ccccc1. The van der Waals surface area contributed by atoms with Crippen molar-refractivity contribution in [3.05, 3.63) is 84.4 Å². The van der Waals surface area contributed by atoms with E-state index in [-0.39, 0.29) is 0 Å². The Kier molecular flexibility index (Phi) is 13.7. The fraction of sp³-hybridized carbons (Fsp3) is 0.588. The monoisotopic (exact) mass is 584 g/mol. The van der Waals surface area contributed by atoms with Crippen LogP contribution in [0, 0.1) is 0 Å². The Balaban J connectivity index is 1.87. The molecule has 3 rings (SSSR count). The van der Waals surface area contributed by atoms with E-state index in [1.165, 1.54) is 0 Å². The fourth-order valence-electron chi connectivity index (χ4n) is 6.23. The third-order valence-corrected chi connectivity index (χ3v) is 14.3. The van der Waals surface area contributed by atoms with Crippen LogP contribution < -0.4 is 0 Å². The summed E-state index contributed by atoms with van der Waals surface area (Å²) in [6.45, 7) is 18.9. The van der Waals surface area contributed by atoms with E-state index in [0.717, 1.165) is 24.0 Å². The van der Waals surface area contributed by atoms with Crippen LogP contribution in [0.1, 0.15) is 65.5 Å². The molecule has 5 atom stereocenters. The number of allylic oxidation sites excluding steroid dienone is 1. The molecule has 1 saturated heterocycles. The van der Waals surface area contributed by atoms with Crippen molar-refractivity contribution in [3.8, 4) is 0 Å². The molecule has 1 aliphatic heterocycles. The van der Waals surface area contributed by atoms with Crippen molar-refractivity contribution in [3.63, 3.8) is 0 Å². The molecule has 1 heterocycles. The summed E-state index contributed by atoms with van der Waals surface area (Å²) in [7, 11) is -2.18. The number of hydrogen-bond acceptors (Lipinski definition) is 6. The molecule has 1 fully saturated rings. The third kappa shape index (κ3) is 9.07. The maximum absolute atomic E-state index is 11.8. The predicted molar refractivity (Wildman–Crippen MR) is 167 cm³/mol. The van der Waals surface area contributed by atoms with Gasteiger partial charge < -0.3 is 28.5 Å². The molecule has 0 bridgehead atoms. The first-order valence-corrected chi connectivity index (χ1v) is 17.4. The zero-order valence-corrected chi connectivity index (χ0v) is 26.9. The number of ether oxygens (including phenoxy) is 4. The second-order valence-electron chi connectivity index (χ2n) is 12.0. The number of benzene rings is 2. The van der Waals surface area contributed by atoms with E-state index in [1.54, 1.807) is 0 Å². The quantitative estimate of drug-likeness (QED) is 0.119. The molecule has 0 amide bonds. The maximum Gasteiger partial charge on any atom is 0.200 e. The minimum absolute atomic E-state index is 0.328. The Morgan fingerprint density at radius 1 is 0.805 bits per heavy atom. The van der Waals surface area contributed by atoms with Gasteiger partial charge in [-0.1, -0.05) is 108 Å². The average Bonchev–Trinajstić information content (AvgIpc) is 2.95. The van der Waals surface area contributed by atoms with Crippen LogP contribution in [0.25, 0.3) is 0 Å². The molecule has 0 aliphatic carbocycles. The van der Waals surface area contributed by atoms with Crippen LogP contribution in [-0.4, -0.2) is 57.3 Å². The summed E-state index contributed by atoms with van der Waals surface area (Å²) in [4.78, 5) is 0. The zero-order chi connectivity index (χ0) is 29.8. The van der Waals surface area contributed by atoms with Gasteiger partial charge in [-0.3, -0.25) is 0 Å².